The highest BCUT2D eigenvalue weighted by Gasteiger charge is 2.13. The Labute approximate surface area is 125 Å². The number of hydrogen-bond acceptors (Lipinski definition) is 6. The molecule has 106 valence electrons. The Balaban J connectivity index is 2.18. The van der Waals surface area contributed by atoms with Crippen LogP contribution >= 0.6 is 23.1 Å². The summed E-state index contributed by atoms with van der Waals surface area (Å²) >= 11 is 3.06. The Kier molecular flexibility index (Phi) is 4.86. The first-order chi connectivity index (χ1) is 9.67. The molecule has 5 nitrogen and oxygen atoms in total. The van der Waals surface area contributed by atoms with Gasteiger partial charge in [0.15, 0.2) is 0 Å². The van der Waals surface area contributed by atoms with Crippen molar-refractivity contribution >= 4 is 34.7 Å². The third-order valence-electron chi connectivity index (χ3n) is 2.49. The summed E-state index contributed by atoms with van der Waals surface area (Å²) in [5.41, 5.74) is 0.511. The number of aromatic nitrogens is 1. The number of pyridine rings is 1. The Morgan fingerprint density at radius 3 is 2.65 bits per heavy atom. The second-order valence-electron chi connectivity index (χ2n) is 3.69. The molecule has 0 spiro atoms. The lowest BCUT2D eigenvalue weighted by molar-refractivity contribution is 0.103. The maximum atomic E-state index is 12.1. The molecular weight excluding hydrogens is 296 g/mol. The van der Waals surface area contributed by atoms with Crippen molar-refractivity contribution < 1.29 is 14.3 Å². The van der Waals surface area contributed by atoms with E-state index < -0.39 is 0 Å². The molecule has 2 aromatic heterocycles. The molecule has 0 aliphatic rings. The molecular formula is C13H14N2O3S2. The number of nitrogens with zero attached hydrogens (tertiary/aromatic N) is 1. The quantitative estimate of drug-likeness (QED) is 0.860. The lowest BCUT2D eigenvalue weighted by atomic mass is 10.3. The van der Waals surface area contributed by atoms with Gasteiger partial charge >= 0.3 is 0 Å². The smallest absolute Gasteiger partial charge is 0.265 e. The molecule has 0 aromatic carbocycles. The number of ether oxygens (including phenoxy) is 2. The molecule has 0 bridgehead atoms. The van der Waals surface area contributed by atoms with Crippen molar-refractivity contribution in [2.24, 2.45) is 0 Å². The number of methoxy groups -OCH3 is 2. The zero-order valence-corrected chi connectivity index (χ0v) is 12.9. The Morgan fingerprint density at radius 1 is 1.25 bits per heavy atom. The third-order valence-corrected chi connectivity index (χ3v) is 4.66. The van der Waals surface area contributed by atoms with Gasteiger partial charge in [0.25, 0.3) is 5.91 Å². The van der Waals surface area contributed by atoms with Crippen molar-refractivity contribution in [3.8, 4) is 11.8 Å². The second-order valence-corrected chi connectivity index (χ2v) is 5.88. The van der Waals surface area contributed by atoms with Crippen molar-refractivity contribution in [3.63, 3.8) is 0 Å². The zero-order chi connectivity index (χ0) is 14.5. The topological polar surface area (TPSA) is 60.5 Å². The van der Waals surface area contributed by atoms with Gasteiger partial charge in [-0.2, -0.15) is 4.98 Å². The van der Waals surface area contributed by atoms with Crippen LogP contribution in [0.4, 0.5) is 5.69 Å². The van der Waals surface area contributed by atoms with Gasteiger partial charge in [-0.15, -0.1) is 23.1 Å². The minimum Gasteiger partial charge on any atom is -0.481 e. The predicted molar refractivity (Wildman–Crippen MR) is 81.4 cm³/mol. The summed E-state index contributed by atoms with van der Waals surface area (Å²) < 4.78 is 11.3. The zero-order valence-electron chi connectivity index (χ0n) is 11.3. The molecule has 7 heteroatoms. The molecule has 0 unspecified atom stereocenters. The van der Waals surface area contributed by atoms with Gasteiger partial charge in [-0.3, -0.25) is 4.79 Å². The molecule has 20 heavy (non-hydrogen) atoms. The summed E-state index contributed by atoms with van der Waals surface area (Å²) in [4.78, 5) is 16.9. The molecule has 0 atom stereocenters. The number of thiophene rings is 1. The van der Waals surface area contributed by atoms with E-state index in [4.69, 9.17) is 9.47 Å². The van der Waals surface area contributed by atoms with E-state index in [2.05, 4.69) is 10.3 Å². The van der Waals surface area contributed by atoms with Gasteiger partial charge < -0.3 is 14.8 Å². The minimum atomic E-state index is -0.180. The van der Waals surface area contributed by atoms with E-state index in [0.29, 0.717) is 22.3 Å². The van der Waals surface area contributed by atoms with E-state index >= 15 is 0 Å². The van der Waals surface area contributed by atoms with E-state index in [-0.39, 0.29) is 5.91 Å². The van der Waals surface area contributed by atoms with Gasteiger partial charge in [-0.05, 0) is 24.5 Å². The molecule has 2 rings (SSSR count). The van der Waals surface area contributed by atoms with E-state index in [1.807, 2.05) is 12.3 Å². The van der Waals surface area contributed by atoms with Crippen LogP contribution in [-0.2, 0) is 0 Å². The van der Waals surface area contributed by atoms with Crippen molar-refractivity contribution in [2.45, 2.75) is 4.21 Å². The Bertz CT molecular complexity index is 613. The normalized spacial score (nSPS) is 10.2. The van der Waals surface area contributed by atoms with E-state index in [1.165, 1.54) is 25.6 Å². The predicted octanol–water partition coefficient (Wildman–Crippen LogP) is 3.13. The highest BCUT2D eigenvalue weighted by atomic mass is 32.2. The third kappa shape index (κ3) is 3.23. The largest absolute Gasteiger partial charge is 0.481 e. The molecule has 0 saturated heterocycles. The fraction of sp³-hybridized carbons (Fsp3) is 0.231. The molecule has 1 N–H and O–H groups in total. The van der Waals surface area contributed by atoms with Gasteiger partial charge in [0, 0.05) is 6.07 Å². The first kappa shape index (κ1) is 14.7. The number of nitrogens with one attached hydrogen (secondary N) is 1. The summed E-state index contributed by atoms with van der Waals surface area (Å²) in [5.74, 6) is 0.570. The first-order valence-electron chi connectivity index (χ1n) is 5.72. The maximum Gasteiger partial charge on any atom is 0.265 e. The average Bonchev–Trinajstić information content (AvgIpc) is 2.96. The lowest BCUT2D eigenvalue weighted by Crippen LogP contribution is -2.11. The molecule has 0 aliphatic heterocycles. The number of rotatable bonds is 5. The summed E-state index contributed by atoms with van der Waals surface area (Å²) in [6.45, 7) is 0. The van der Waals surface area contributed by atoms with E-state index in [1.54, 1.807) is 30.0 Å². The van der Waals surface area contributed by atoms with Gasteiger partial charge in [-0.1, -0.05) is 0 Å². The van der Waals surface area contributed by atoms with Crippen molar-refractivity contribution in [3.05, 3.63) is 29.1 Å². The minimum absolute atomic E-state index is 0.180. The highest BCUT2D eigenvalue weighted by molar-refractivity contribution is 8.00. The van der Waals surface area contributed by atoms with Gasteiger partial charge in [-0.25, -0.2) is 0 Å². The Morgan fingerprint density at radius 2 is 2.05 bits per heavy atom. The van der Waals surface area contributed by atoms with Gasteiger partial charge in [0.05, 0.1) is 23.3 Å². The van der Waals surface area contributed by atoms with Crippen LogP contribution in [0.3, 0.4) is 0 Å². The van der Waals surface area contributed by atoms with Crippen LogP contribution < -0.4 is 14.8 Å². The van der Waals surface area contributed by atoms with Crippen LogP contribution in [0.1, 0.15) is 9.67 Å². The fourth-order valence-electron chi connectivity index (χ4n) is 1.52. The van der Waals surface area contributed by atoms with E-state index in [9.17, 15) is 4.79 Å². The molecule has 0 saturated carbocycles. The average molecular weight is 310 g/mol. The Hall–Kier alpha value is -1.73. The fourth-order valence-corrected chi connectivity index (χ4v) is 2.96. The molecule has 0 radical (unpaired) electrons. The number of anilines is 1. The lowest BCUT2D eigenvalue weighted by Gasteiger charge is -2.09. The van der Waals surface area contributed by atoms with Gasteiger partial charge in [0.2, 0.25) is 11.8 Å². The number of thioether (sulfide) groups is 1. The summed E-state index contributed by atoms with van der Waals surface area (Å²) in [6, 6.07) is 7.09. The number of carbonyl (C=O) groups is 1. The number of carbonyl (C=O) groups excluding carboxylic acids is 1. The van der Waals surface area contributed by atoms with Crippen LogP contribution in [0.15, 0.2) is 28.5 Å². The molecule has 2 aromatic rings. The van der Waals surface area contributed by atoms with Crippen LogP contribution in [-0.4, -0.2) is 31.4 Å². The SMILES string of the molecule is COc1ccc(NC(=O)c2ccc(SC)s2)c(OC)n1. The maximum absolute atomic E-state index is 12.1. The first-order valence-corrected chi connectivity index (χ1v) is 7.76. The monoisotopic (exact) mass is 310 g/mol. The highest BCUT2D eigenvalue weighted by Crippen LogP contribution is 2.28. The van der Waals surface area contributed by atoms with Gasteiger partial charge in [0.1, 0.15) is 5.69 Å². The van der Waals surface area contributed by atoms with Crippen molar-refractivity contribution in [2.75, 3.05) is 25.8 Å². The van der Waals surface area contributed by atoms with Crippen LogP contribution in [0.25, 0.3) is 0 Å². The van der Waals surface area contributed by atoms with Crippen LogP contribution in [0.5, 0.6) is 11.8 Å². The molecule has 2 heterocycles. The number of hydrogen-bond donors (Lipinski definition) is 1. The summed E-state index contributed by atoms with van der Waals surface area (Å²) in [7, 11) is 3.02. The van der Waals surface area contributed by atoms with Crippen molar-refractivity contribution in [1.82, 2.24) is 4.98 Å². The van der Waals surface area contributed by atoms with Crippen LogP contribution in [0.2, 0.25) is 0 Å². The van der Waals surface area contributed by atoms with Crippen LogP contribution in [0, 0.1) is 0 Å². The summed E-state index contributed by atoms with van der Waals surface area (Å²) in [5, 5.41) is 2.79. The molecule has 1 amide bonds. The standard InChI is InChI=1S/C13H14N2O3S2/c1-17-10-6-4-8(13(15-10)18-2)14-12(16)9-5-7-11(19-3)20-9/h4-7H,1-3H3,(H,14,16). The van der Waals surface area contributed by atoms with Crippen molar-refractivity contribution in [1.29, 1.82) is 0 Å². The molecule has 0 aliphatic carbocycles. The summed E-state index contributed by atoms with van der Waals surface area (Å²) in [6.07, 6.45) is 1.98. The molecule has 0 fully saturated rings. The van der Waals surface area contributed by atoms with E-state index in [0.717, 1.165) is 4.21 Å². The number of amides is 1. The second kappa shape index (κ2) is 6.62.